The van der Waals surface area contributed by atoms with Crippen LogP contribution < -0.4 is 4.74 Å². The van der Waals surface area contributed by atoms with Gasteiger partial charge in [-0.05, 0) is 11.6 Å². The molecule has 2 aromatic rings. The summed E-state index contributed by atoms with van der Waals surface area (Å²) in [6.07, 6.45) is 0.202. The second-order valence-corrected chi connectivity index (χ2v) is 5.20. The van der Waals surface area contributed by atoms with Crippen LogP contribution in [0, 0.1) is 0 Å². The summed E-state index contributed by atoms with van der Waals surface area (Å²) >= 11 is 3.39. The van der Waals surface area contributed by atoms with Crippen molar-refractivity contribution in [2.45, 2.75) is 18.7 Å². The van der Waals surface area contributed by atoms with Crippen LogP contribution in [0.25, 0.3) is 0 Å². The van der Waals surface area contributed by atoms with Gasteiger partial charge in [0.05, 0.1) is 0 Å². The van der Waals surface area contributed by atoms with E-state index in [2.05, 4.69) is 15.9 Å². The average molecular weight is 347 g/mol. The summed E-state index contributed by atoms with van der Waals surface area (Å²) in [6.45, 7) is 1.35. The van der Waals surface area contributed by atoms with E-state index < -0.39 is 5.97 Å². The molecule has 0 heterocycles. The van der Waals surface area contributed by atoms with E-state index in [4.69, 9.17) is 4.74 Å². The van der Waals surface area contributed by atoms with E-state index in [0.29, 0.717) is 16.6 Å². The molecule has 21 heavy (non-hydrogen) atoms. The minimum atomic E-state index is -0.394. The molecule has 0 N–H and O–H groups in total. The number of carbonyl (C=O) groups excluding carboxylic acids is 2. The summed E-state index contributed by atoms with van der Waals surface area (Å²) < 4.78 is 5.18. The maximum absolute atomic E-state index is 12.3. The van der Waals surface area contributed by atoms with E-state index in [9.17, 15) is 9.59 Å². The molecule has 108 valence electrons. The SMILES string of the molecule is CC(=O)Oc1ccc(CBr)cc1CC(=O)c1ccccc1. The number of rotatable bonds is 5. The van der Waals surface area contributed by atoms with Crippen LogP contribution in [0.15, 0.2) is 48.5 Å². The zero-order valence-corrected chi connectivity index (χ0v) is 13.2. The lowest BCUT2D eigenvalue weighted by Crippen LogP contribution is -2.08. The average Bonchev–Trinajstić information content (AvgIpc) is 2.49. The van der Waals surface area contributed by atoms with E-state index in [-0.39, 0.29) is 12.2 Å². The maximum atomic E-state index is 12.3. The van der Waals surface area contributed by atoms with Crippen molar-refractivity contribution in [3.63, 3.8) is 0 Å². The molecular weight excluding hydrogens is 332 g/mol. The molecule has 0 aliphatic heterocycles. The first-order valence-corrected chi connectivity index (χ1v) is 7.66. The smallest absolute Gasteiger partial charge is 0.308 e. The molecule has 3 nitrogen and oxygen atoms in total. The van der Waals surface area contributed by atoms with Crippen LogP contribution in [-0.4, -0.2) is 11.8 Å². The number of benzene rings is 2. The van der Waals surface area contributed by atoms with Crippen molar-refractivity contribution < 1.29 is 14.3 Å². The molecule has 0 unspecified atom stereocenters. The molecule has 4 heteroatoms. The van der Waals surface area contributed by atoms with E-state index in [1.165, 1.54) is 6.92 Å². The summed E-state index contributed by atoms with van der Waals surface area (Å²) in [5, 5.41) is 0.680. The topological polar surface area (TPSA) is 43.4 Å². The van der Waals surface area contributed by atoms with Gasteiger partial charge in [0.2, 0.25) is 0 Å². The molecule has 0 saturated heterocycles. The fourth-order valence-electron chi connectivity index (χ4n) is 2.01. The van der Waals surface area contributed by atoms with Gasteiger partial charge in [-0.3, -0.25) is 9.59 Å². The number of alkyl halides is 1. The number of halogens is 1. The Bertz CT molecular complexity index is 650. The molecular formula is C17H15BrO3. The van der Waals surface area contributed by atoms with Gasteiger partial charge in [-0.2, -0.15) is 0 Å². The van der Waals surface area contributed by atoms with Crippen molar-refractivity contribution in [1.82, 2.24) is 0 Å². The highest BCUT2D eigenvalue weighted by Gasteiger charge is 2.13. The first-order valence-electron chi connectivity index (χ1n) is 6.54. The summed E-state index contributed by atoms with van der Waals surface area (Å²) in [5.41, 5.74) is 2.40. The van der Waals surface area contributed by atoms with Crippen molar-refractivity contribution in [3.05, 3.63) is 65.2 Å². The van der Waals surface area contributed by atoms with Gasteiger partial charge >= 0.3 is 5.97 Å². The zero-order valence-electron chi connectivity index (χ0n) is 11.6. The Morgan fingerprint density at radius 2 is 1.81 bits per heavy atom. The Morgan fingerprint density at radius 3 is 2.43 bits per heavy atom. The van der Waals surface area contributed by atoms with Gasteiger partial charge in [-0.15, -0.1) is 0 Å². The van der Waals surface area contributed by atoms with Gasteiger partial charge in [0.25, 0.3) is 0 Å². The van der Waals surface area contributed by atoms with Crippen molar-refractivity contribution in [2.24, 2.45) is 0 Å². The third-order valence-electron chi connectivity index (χ3n) is 2.98. The monoisotopic (exact) mass is 346 g/mol. The highest BCUT2D eigenvalue weighted by atomic mass is 79.9. The van der Waals surface area contributed by atoms with Crippen molar-refractivity contribution in [1.29, 1.82) is 0 Å². The van der Waals surface area contributed by atoms with Gasteiger partial charge in [0.1, 0.15) is 5.75 Å². The molecule has 0 spiro atoms. The minimum absolute atomic E-state index is 0.00396. The third-order valence-corrected chi connectivity index (χ3v) is 3.63. The van der Waals surface area contributed by atoms with E-state index in [1.54, 1.807) is 18.2 Å². The van der Waals surface area contributed by atoms with Crippen molar-refractivity contribution >= 4 is 27.7 Å². The summed E-state index contributed by atoms with van der Waals surface area (Å²) in [7, 11) is 0. The molecule has 0 radical (unpaired) electrons. The Hall–Kier alpha value is -1.94. The lowest BCUT2D eigenvalue weighted by Gasteiger charge is -2.10. The summed E-state index contributed by atoms with van der Waals surface area (Å²) in [6, 6.07) is 14.6. The number of Topliss-reactive ketones (excluding diaryl/α,β-unsaturated/α-hetero) is 1. The number of ketones is 1. The van der Waals surface area contributed by atoms with Crippen molar-refractivity contribution in [2.75, 3.05) is 0 Å². The second-order valence-electron chi connectivity index (χ2n) is 4.64. The minimum Gasteiger partial charge on any atom is -0.426 e. The summed E-state index contributed by atoms with van der Waals surface area (Å²) in [4.78, 5) is 23.5. The van der Waals surface area contributed by atoms with Crippen LogP contribution in [0.2, 0.25) is 0 Å². The fourth-order valence-corrected chi connectivity index (χ4v) is 2.36. The molecule has 0 aromatic heterocycles. The Balaban J connectivity index is 2.28. The number of carbonyl (C=O) groups is 2. The molecule has 2 rings (SSSR count). The fraction of sp³-hybridized carbons (Fsp3) is 0.176. The quantitative estimate of drug-likeness (QED) is 0.356. The number of ether oxygens (including phenoxy) is 1. The van der Waals surface area contributed by atoms with E-state index in [1.807, 2.05) is 30.3 Å². The molecule has 0 aliphatic carbocycles. The maximum Gasteiger partial charge on any atom is 0.308 e. The summed E-state index contributed by atoms with van der Waals surface area (Å²) in [5.74, 6) is 0.0437. The number of hydrogen-bond donors (Lipinski definition) is 0. The molecule has 0 saturated carbocycles. The van der Waals surface area contributed by atoms with Crippen LogP contribution in [0.5, 0.6) is 5.75 Å². The van der Waals surface area contributed by atoms with Gasteiger partial charge in [0, 0.05) is 29.8 Å². The Morgan fingerprint density at radius 1 is 1.10 bits per heavy atom. The predicted octanol–water partition coefficient (Wildman–Crippen LogP) is 3.93. The highest BCUT2D eigenvalue weighted by molar-refractivity contribution is 9.08. The molecule has 0 bridgehead atoms. The van der Waals surface area contributed by atoms with Crippen LogP contribution in [0.1, 0.15) is 28.4 Å². The van der Waals surface area contributed by atoms with Crippen LogP contribution in [0.4, 0.5) is 0 Å². The number of esters is 1. The zero-order chi connectivity index (χ0) is 15.2. The van der Waals surface area contributed by atoms with Gasteiger partial charge < -0.3 is 4.74 Å². The number of hydrogen-bond acceptors (Lipinski definition) is 3. The first-order chi connectivity index (χ1) is 10.1. The van der Waals surface area contributed by atoms with Gasteiger partial charge in [-0.25, -0.2) is 0 Å². The standard InChI is InChI=1S/C17H15BrO3/c1-12(19)21-17-8-7-13(11-18)9-15(17)10-16(20)14-5-3-2-4-6-14/h2-9H,10-11H2,1H3. The Labute approximate surface area is 132 Å². The molecule has 2 aromatic carbocycles. The van der Waals surface area contributed by atoms with E-state index in [0.717, 1.165) is 11.1 Å². The normalized spacial score (nSPS) is 10.2. The molecule has 0 atom stereocenters. The molecule has 0 aliphatic rings. The van der Waals surface area contributed by atoms with Crippen molar-refractivity contribution in [3.8, 4) is 5.75 Å². The van der Waals surface area contributed by atoms with Gasteiger partial charge in [-0.1, -0.05) is 58.4 Å². The lowest BCUT2D eigenvalue weighted by atomic mass is 10.0. The van der Waals surface area contributed by atoms with Gasteiger partial charge in [0.15, 0.2) is 5.78 Å². The van der Waals surface area contributed by atoms with Crippen LogP contribution in [0.3, 0.4) is 0 Å². The molecule has 0 amide bonds. The van der Waals surface area contributed by atoms with Crippen LogP contribution >= 0.6 is 15.9 Å². The van der Waals surface area contributed by atoms with Crippen LogP contribution in [-0.2, 0) is 16.5 Å². The second kappa shape index (κ2) is 7.18. The highest BCUT2D eigenvalue weighted by Crippen LogP contribution is 2.23. The largest absolute Gasteiger partial charge is 0.426 e. The van der Waals surface area contributed by atoms with E-state index >= 15 is 0 Å². The predicted molar refractivity (Wildman–Crippen MR) is 84.9 cm³/mol. The molecule has 0 fully saturated rings. The first kappa shape index (κ1) is 15.4. The lowest BCUT2D eigenvalue weighted by molar-refractivity contribution is -0.131. The third kappa shape index (κ3) is 4.26. The Kier molecular flexibility index (Phi) is 5.28.